The SMILES string of the molecule is CSc1nn(CC(=O)Nc2ccc(C)c(C)c2)c(N)c1S(=O)(=O)c1ccccc1. The summed E-state index contributed by atoms with van der Waals surface area (Å²) in [5.41, 5.74) is 8.96. The molecule has 0 saturated carbocycles. The van der Waals surface area contributed by atoms with Gasteiger partial charge in [-0.25, -0.2) is 13.1 Å². The van der Waals surface area contributed by atoms with Crippen LogP contribution in [-0.4, -0.2) is 30.4 Å². The normalized spacial score (nSPS) is 11.4. The van der Waals surface area contributed by atoms with E-state index in [0.29, 0.717) is 5.69 Å². The molecule has 0 radical (unpaired) electrons. The van der Waals surface area contributed by atoms with E-state index in [9.17, 15) is 13.2 Å². The number of nitrogens with zero attached hydrogens (tertiary/aromatic N) is 2. The highest BCUT2D eigenvalue weighted by atomic mass is 32.2. The minimum atomic E-state index is -3.86. The highest BCUT2D eigenvalue weighted by Crippen LogP contribution is 2.33. The molecule has 3 rings (SSSR count). The van der Waals surface area contributed by atoms with Gasteiger partial charge >= 0.3 is 0 Å². The molecule has 7 nitrogen and oxygen atoms in total. The Kier molecular flexibility index (Phi) is 5.99. The third-order valence-electron chi connectivity index (χ3n) is 4.52. The molecule has 0 aliphatic carbocycles. The first-order chi connectivity index (χ1) is 13.7. The van der Waals surface area contributed by atoms with E-state index < -0.39 is 9.84 Å². The molecule has 0 aliphatic rings. The van der Waals surface area contributed by atoms with Gasteiger partial charge in [-0.2, -0.15) is 5.10 Å². The predicted molar refractivity (Wildman–Crippen MR) is 115 cm³/mol. The molecule has 2 aromatic carbocycles. The number of carbonyl (C=O) groups is 1. The van der Waals surface area contributed by atoms with Crippen LogP contribution in [0.25, 0.3) is 0 Å². The van der Waals surface area contributed by atoms with Crippen LogP contribution in [0.15, 0.2) is 63.3 Å². The first kappa shape index (κ1) is 20.9. The van der Waals surface area contributed by atoms with Crippen LogP contribution in [0.2, 0.25) is 0 Å². The van der Waals surface area contributed by atoms with Crippen molar-refractivity contribution in [1.29, 1.82) is 0 Å². The summed E-state index contributed by atoms with van der Waals surface area (Å²) in [6.07, 6.45) is 1.71. The minimum absolute atomic E-state index is 0.0616. The second kappa shape index (κ2) is 8.30. The van der Waals surface area contributed by atoms with Crippen molar-refractivity contribution in [3.8, 4) is 0 Å². The van der Waals surface area contributed by atoms with Gasteiger partial charge in [0.2, 0.25) is 15.7 Å². The first-order valence-electron chi connectivity index (χ1n) is 8.81. The highest BCUT2D eigenvalue weighted by molar-refractivity contribution is 7.99. The summed E-state index contributed by atoms with van der Waals surface area (Å²) in [7, 11) is -3.86. The zero-order chi connectivity index (χ0) is 21.2. The lowest BCUT2D eigenvalue weighted by atomic mass is 10.1. The monoisotopic (exact) mass is 430 g/mol. The number of thioether (sulfide) groups is 1. The fraction of sp³-hybridized carbons (Fsp3) is 0.200. The second-order valence-corrected chi connectivity index (χ2v) is 9.23. The summed E-state index contributed by atoms with van der Waals surface area (Å²) in [6.45, 7) is 3.75. The number of carbonyl (C=O) groups excluding carboxylic acids is 1. The highest BCUT2D eigenvalue weighted by Gasteiger charge is 2.29. The summed E-state index contributed by atoms with van der Waals surface area (Å²) >= 11 is 1.16. The van der Waals surface area contributed by atoms with Crippen LogP contribution in [0.3, 0.4) is 0 Å². The van der Waals surface area contributed by atoms with Crippen molar-refractivity contribution in [2.24, 2.45) is 0 Å². The third-order valence-corrected chi connectivity index (χ3v) is 7.15. The number of aryl methyl sites for hydroxylation is 2. The molecule has 0 bridgehead atoms. The van der Waals surface area contributed by atoms with Gasteiger partial charge in [0.05, 0.1) is 4.90 Å². The zero-order valence-electron chi connectivity index (χ0n) is 16.3. The fourth-order valence-electron chi connectivity index (χ4n) is 2.82. The van der Waals surface area contributed by atoms with Gasteiger partial charge in [-0.05, 0) is 55.5 Å². The molecule has 29 heavy (non-hydrogen) atoms. The molecule has 1 amide bonds. The van der Waals surface area contributed by atoms with Crippen LogP contribution in [0.1, 0.15) is 11.1 Å². The number of benzene rings is 2. The van der Waals surface area contributed by atoms with Crippen LogP contribution >= 0.6 is 11.8 Å². The van der Waals surface area contributed by atoms with E-state index in [-0.39, 0.29) is 33.1 Å². The van der Waals surface area contributed by atoms with Crippen LogP contribution in [0, 0.1) is 13.8 Å². The number of aromatic nitrogens is 2. The number of hydrogen-bond acceptors (Lipinski definition) is 6. The molecule has 1 aromatic heterocycles. The molecule has 9 heteroatoms. The standard InChI is InChI=1S/C20H22N4O3S2/c1-13-9-10-15(11-14(13)2)22-17(25)12-24-19(21)18(20(23-24)28-3)29(26,27)16-7-5-4-6-8-16/h4-11H,12,21H2,1-3H3,(H,22,25). The maximum atomic E-state index is 13.0. The van der Waals surface area contributed by atoms with Crippen LogP contribution in [-0.2, 0) is 21.2 Å². The second-order valence-electron chi connectivity index (χ2n) is 6.54. The Bertz CT molecular complexity index is 1160. The van der Waals surface area contributed by atoms with Crippen molar-refractivity contribution >= 4 is 39.0 Å². The van der Waals surface area contributed by atoms with E-state index in [1.54, 1.807) is 24.5 Å². The van der Waals surface area contributed by atoms with E-state index in [1.165, 1.54) is 16.8 Å². The van der Waals surface area contributed by atoms with Crippen molar-refractivity contribution < 1.29 is 13.2 Å². The predicted octanol–water partition coefficient (Wildman–Crippen LogP) is 3.28. The van der Waals surface area contributed by atoms with Gasteiger partial charge in [-0.3, -0.25) is 4.79 Å². The lowest BCUT2D eigenvalue weighted by molar-refractivity contribution is -0.116. The Labute approximate surface area is 174 Å². The summed E-state index contributed by atoms with van der Waals surface area (Å²) in [4.78, 5) is 12.5. The van der Waals surface area contributed by atoms with Crippen LogP contribution in [0.4, 0.5) is 11.5 Å². The Morgan fingerprint density at radius 2 is 1.83 bits per heavy atom. The number of sulfone groups is 1. The molecular formula is C20H22N4O3S2. The number of nitrogens with one attached hydrogen (secondary N) is 1. The maximum Gasteiger partial charge on any atom is 0.246 e. The van der Waals surface area contributed by atoms with Gasteiger partial charge in [-0.1, -0.05) is 24.3 Å². The van der Waals surface area contributed by atoms with E-state index in [4.69, 9.17) is 5.73 Å². The molecule has 0 spiro atoms. The third kappa shape index (κ3) is 4.30. The molecule has 3 N–H and O–H groups in total. The van der Waals surface area contributed by atoms with Crippen molar-refractivity contribution in [2.45, 2.75) is 35.2 Å². The lowest BCUT2D eigenvalue weighted by Crippen LogP contribution is -2.21. The Morgan fingerprint density at radius 1 is 1.14 bits per heavy atom. The van der Waals surface area contributed by atoms with Gasteiger partial charge in [0.1, 0.15) is 22.3 Å². The quantitative estimate of drug-likeness (QED) is 0.581. The molecular weight excluding hydrogens is 408 g/mol. The van der Waals surface area contributed by atoms with E-state index >= 15 is 0 Å². The summed E-state index contributed by atoms with van der Waals surface area (Å²) in [5.74, 6) is -0.410. The molecule has 0 unspecified atom stereocenters. The van der Waals surface area contributed by atoms with Crippen molar-refractivity contribution in [3.05, 3.63) is 59.7 Å². The van der Waals surface area contributed by atoms with Crippen LogP contribution < -0.4 is 11.1 Å². The van der Waals surface area contributed by atoms with E-state index in [1.807, 2.05) is 32.0 Å². The maximum absolute atomic E-state index is 13.0. The summed E-state index contributed by atoms with van der Waals surface area (Å²) < 4.78 is 27.3. The van der Waals surface area contributed by atoms with Gasteiger partial charge in [0, 0.05) is 5.69 Å². The zero-order valence-corrected chi connectivity index (χ0v) is 18.0. The average molecular weight is 431 g/mol. The summed E-state index contributed by atoms with van der Waals surface area (Å²) in [6, 6.07) is 13.6. The van der Waals surface area contributed by atoms with Crippen molar-refractivity contribution in [3.63, 3.8) is 0 Å². The molecule has 0 atom stereocenters. The fourth-order valence-corrected chi connectivity index (χ4v) is 5.27. The Morgan fingerprint density at radius 3 is 2.45 bits per heavy atom. The van der Waals surface area contributed by atoms with Gasteiger partial charge in [0.25, 0.3) is 0 Å². The minimum Gasteiger partial charge on any atom is -0.383 e. The largest absolute Gasteiger partial charge is 0.383 e. The van der Waals surface area contributed by atoms with Gasteiger partial charge in [-0.15, -0.1) is 11.8 Å². The smallest absolute Gasteiger partial charge is 0.246 e. The summed E-state index contributed by atoms with van der Waals surface area (Å²) in [5, 5.41) is 7.29. The molecule has 3 aromatic rings. The van der Waals surface area contributed by atoms with Gasteiger partial charge in [0.15, 0.2) is 0 Å². The number of nitrogen functional groups attached to an aromatic ring is 1. The molecule has 0 aliphatic heterocycles. The Balaban J connectivity index is 1.90. The van der Waals surface area contributed by atoms with Crippen molar-refractivity contribution in [1.82, 2.24) is 9.78 Å². The average Bonchev–Trinajstić information content (AvgIpc) is 3.01. The number of rotatable bonds is 6. The van der Waals surface area contributed by atoms with E-state index in [2.05, 4.69) is 10.4 Å². The molecule has 152 valence electrons. The molecule has 0 fully saturated rings. The number of anilines is 2. The lowest BCUT2D eigenvalue weighted by Gasteiger charge is -2.09. The van der Waals surface area contributed by atoms with E-state index in [0.717, 1.165) is 22.9 Å². The number of nitrogens with two attached hydrogens (primary N) is 1. The topological polar surface area (TPSA) is 107 Å². The molecule has 0 saturated heterocycles. The van der Waals surface area contributed by atoms with Gasteiger partial charge < -0.3 is 11.1 Å². The number of amides is 1. The first-order valence-corrected chi connectivity index (χ1v) is 11.5. The number of hydrogen-bond donors (Lipinski definition) is 2. The van der Waals surface area contributed by atoms with Crippen molar-refractivity contribution in [2.75, 3.05) is 17.3 Å². The van der Waals surface area contributed by atoms with Crippen LogP contribution in [0.5, 0.6) is 0 Å². The Hall–Kier alpha value is -2.78. The molecule has 1 heterocycles.